The molecular formula is C11H20N6O2. The van der Waals surface area contributed by atoms with Crippen molar-refractivity contribution in [1.29, 1.82) is 0 Å². The molecule has 0 bridgehead atoms. The molecule has 8 nitrogen and oxygen atoms in total. The number of rotatable bonds is 6. The van der Waals surface area contributed by atoms with Crippen LogP contribution in [0, 0.1) is 5.41 Å². The summed E-state index contributed by atoms with van der Waals surface area (Å²) in [4.78, 5) is 23.7. The fourth-order valence-corrected chi connectivity index (χ4v) is 2.65. The third kappa shape index (κ3) is 1.58. The Balaban J connectivity index is 3.47. The number of amides is 2. The summed E-state index contributed by atoms with van der Waals surface area (Å²) < 4.78 is 0. The van der Waals surface area contributed by atoms with Gasteiger partial charge < -0.3 is 11.5 Å². The van der Waals surface area contributed by atoms with Gasteiger partial charge in [-0.25, -0.2) is 0 Å². The number of nitrogens with zero attached hydrogens (tertiary/aromatic N) is 4. The summed E-state index contributed by atoms with van der Waals surface area (Å²) >= 11 is 0. The van der Waals surface area contributed by atoms with Crippen LogP contribution in [-0.4, -0.2) is 36.0 Å². The van der Waals surface area contributed by atoms with E-state index < -0.39 is 28.3 Å². The molecule has 0 aliphatic heterocycles. The molecule has 4 N–H and O–H groups in total. The van der Waals surface area contributed by atoms with Crippen molar-refractivity contribution in [2.75, 3.05) is 13.1 Å². The maximum atomic E-state index is 11.8. The number of primary amides is 2. The van der Waals surface area contributed by atoms with Gasteiger partial charge in [0, 0.05) is 5.41 Å². The molecule has 0 aromatic heterocycles. The minimum atomic E-state index is -1.56. The lowest BCUT2D eigenvalue weighted by Crippen LogP contribution is -2.44. The van der Waals surface area contributed by atoms with E-state index in [1.807, 2.05) is 0 Å². The van der Waals surface area contributed by atoms with Crippen molar-refractivity contribution in [1.82, 2.24) is 0 Å². The van der Waals surface area contributed by atoms with Crippen molar-refractivity contribution in [2.45, 2.75) is 38.8 Å². The van der Waals surface area contributed by atoms with E-state index in [0.717, 1.165) is 0 Å². The molecule has 2 atom stereocenters. The lowest BCUT2D eigenvalue weighted by atomic mass is 10.0. The second-order valence-corrected chi connectivity index (χ2v) is 4.89. The zero-order valence-corrected chi connectivity index (χ0v) is 11.7. The van der Waals surface area contributed by atoms with Crippen molar-refractivity contribution in [3.8, 4) is 0 Å². The SMILES string of the molecule is CCN=NC1(C(N)=O)C(C)(C)C1(N=NCC)C(N)=O. The van der Waals surface area contributed by atoms with Crippen LogP contribution in [0.25, 0.3) is 0 Å². The van der Waals surface area contributed by atoms with Gasteiger partial charge in [0.1, 0.15) is 0 Å². The molecule has 1 aliphatic carbocycles. The number of hydrogen-bond donors (Lipinski definition) is 2. The molecule has 8 heteroatoms. The Bertz CT molecular complexity index is 418. The Morgan fingerprint density at radius 3 is 1.42 bits per heavy atom. The van der Waals surface area contributed by atoms with E-state index in [4.69, 9.17) is 11.5 Å². The van der Waals surface area contributed by atoms with Crippen LogP contribution in [0.1, 0.15) is 27.7 Å². The zero-order valence-electron chi connectivity index (χ0n) is 11.7. The third-order valence-electron chi connectivity index (χ3n) is 3.71. The normalized spacial score (nSPS) is 32.8. The van der Waals surface area contributed by atoms with Gasteiger partial charge in [0.15, 0.2) is 0 Å². The van der Waals surface area contributed by atoms with Gasteiger partial charge in [-0.1, -0.05) is 13.8 Å². The molecule has 19 heavy (non-hydrogen) atoms. The quantitative estimate of drug-likeness (QED) is 0.675. The molecule has 1 aliphatic rings. The molecule has 0 aromatic rings. The van der Waals surface area contributed by atoms with Crippen LogP contribution < -0.4 is 11.5 Å². The van der Waals surface area contributed by atoms with Gasteiger partial charge >= 0.3 is 0 Å². The molecule has 1 rings (SSSR count). The van der Waals surface area contributed by atoms with Crippen LogP contribution in [0.4, 0.5) is 0 Å². The monoisotopic (exact) mass is 268 g/mol. The number of hydrogen-bond acceptors (Lipinski definition) is 6. The Labute approximate surface area is 111 Å². The van der Waals surface area contributed by atoms with Crippen LogP contribution in [0.5, 0.6) is 0 Å². The number of nitrogens with two attached hydrogens (primary N) is 2. The van der Waals surface area contributed by atoms with E-state index in [-0.39, 0.29) is 0 Å². The topological polar surface area (TPSA) is 136 Å². The smallest absolute Gasteiger partial charge is 0.251 e. The zero-order chi connectivity index (χ0) is 14.9. The first-order valence-electron chi connectivity index (χ1n) is 6.13. The third-order valence-corrected chi connectivity index (χ3v) is 3.71. The number of azo groups is 2. The predicted molar refractivity (Wildman–Crippen MR) is 68.4 cm³/mol. The van der Waals surface area contributed by atoms with Gasteiger partial charge in [0.2, 0.25) is 11.1 Å². The highest BCUT2D eigenvalue weighted by molar-refractivity contribution is 6.07. The highest BCUT2D eigenvalue weighted by Crippen LogP contribution is 2.69. The van der Waals surface area contributed by atoms with Gasteiger partial charge in [0.25, 0.3) is 11.8 Å². The molecule has 1 fully saturated rings. The maximum Gasteiger partial charge on any atom is 0.251 e. The number of carbonyl (C=O) groups is 2. The minimum Gasteiger partial charge on any atom is -0.367 e. The lowest BCUT2D eigenvalue weighted by molar-refractivity contribution is -0.125. The van der Waals surface area contributed by atoms with Gasteiger partial charge in [-0.3, -0.25) is 9.59 Å². The fourth-order valence-electron chi connectivity index (χ4n) is 2.65. The van der Waals surface area contributed by atoms with E-state index in [2.05, 4.69) is 20.5 Å². The first-order chi connectivity index (χ1) is 8.76. The van der Waals surface area contributed by atoms with E-state index in [0.29, 0.717) is 13.1 Å². The van der Waals surface area contributed by atoms with Crippen LogP contribution >= 0.6 is 0 Å². The largest absolute Gasteiger partial charge is 0.367 e. The summed E-state index contributed by atoms with van der Waals surface area (Å²) in [5.41, 5.74) is 6.80. The summed E-state index contributed by atoms with van der Waals surface area (Å²) in [6.45, 7) is 7.56. The molecule has 0 saturated heterocycles. The van der Waals surface area contributed by atoms with E-state index in [1.165, 1.54) is 0 Å². The highest BCUT2D eigenvalue weighted by Gasteiger charge is 2.92. The lowest BCUT2D eigenvalue weighted by Gasteiger charge is -2.10. The van der Waals surface area contributed by atoms with Crippen LogP contribution in [-0.2, 0) is 9.59 Å². The average Bonchev–Trinajstić information content (AvgIpc) is 2.76. The highest BCUT2D eigenvalue weighted by atomic mass is 16.2. The van der Waals surface area contributed by atoms with Crippen molar-refractivity contribution in [3.05, 3.63) is 0 Å². The molecule has 2 amide bonds. The van der Waals surface area contributed by atoms with Crippen molar-refractivity contribution < 1.29 is 9.59 Å². The molecule has 0 radical (unpaired) electrons. The summed E-state index contributed by atoms with van der Waals surface area (Å²) in [5, 5.41) is 15.6. The van der Waals surface area contributed by atoms with Gasteiger partial charge in [0.05, 0.1) is 13.1 Å². The summed E-state index contributed by atoms with van der Waals surface area (Å²) in [7, 11) is 0. The summed E-state index contributed by atoms with van der Waals surface area (Å²) in [6, 6.07) is 0. The maximum absolute atomic E-state index is 11.8. The van der Waals surface area contributed by atoms with Gasteiger partial charge in [-0.05, 0) is 13.8 Å². The second kappa shape index (κ2) is 4.67. The molecule has 0 heterocycles. The van der Waals surface area contributed by atoms with E-state index >= 15 is 0 Å². The Hall–Kier alpha value is -1.86. The molecule has 0 spiro atoms. The van der Waals surface area contributed by atoms with Crippen LogP contribution in [0.15, 0.2) is 20.5 Å². The second-order valence-electron chi connectivity index (χ2n) is 4.89. The van der Waals surface area contributed by atoms with E-state index in [9.17, 15) is 9.59 Å². The molecule has 1 saturated carbocycles. The first kappa shape index (κ1) is 15.2. The Kier molecular flexibility index (Phi) is 3.74. The molecule has 106 valence electrons. The van der Waals surface area contributed by atoms with Gasteiger partial charge in [-0.2, -0.15) is 20.5 Å². The summed E-state index contributed by atoms with van der Waals surface area (Å²) in [6.07, 6.45) is 0. The van der Waals surface area contributed by atoms with Crippen LogP contribution in [0.3, 0.4) is 0 Å². The Morgan fingerprint density at radius 1 is 0.895 bits per heavy atom. The first-order valence-corrected chi connectivity index (χ1v) is 6.13. The molecule has 2 unspecified atom stereocenters. The summed E-state index contributed by atoms with van der Waals surface area (Å²) in [5.74, 6) is -1.55. The predicted octanol–water partition coefficient (Wildman–Crippen LogP) is 0.419. The molecular weight excluding hydrogens is 248 g/mol. The van der Waals surface area contributed by atoms with Crippen molar-refractivity contribution >= 4 is 11.8 Å². The van der Waals surface area contributed by atoms with Gasteiger partial charge in [-0.15, -0.1) is 0 Å². The fraction of sp³-hybridized carbons (Fsp3) is 0.818. The van der Waals surface area contributed by atoms with E-state index in [1.54, 1.807) is 27.7 Å². The molecule has 0 aromatic carbocycles. The minimum absolute atomic E-state index is 0.366. The van der Waals surface area contributed by atoms with Crippen molar-refractivity contribution in [2.24, 2.45) is 37.3 Å². The number of carbonyl (C=O) groups excluding carboxylic acids is 2. The van der Waals surface area contributed by atoms with Crippen molar-refractivity contribution in [3.63, 3.8) is 0 Å². The standard InChI is InChI=1S/C11H20N6O2/c1-5-14-16-10(7(12)18)9(3,4)11(10,8(13)19)17-15-6-2/h5-6H2,1-4H3,(H2,12,18)(H2,13,19). The van der Waals surface area contributed by atoms with Crippen LogP contribution in [0.2, 0.25) is 0 Å². The Morgan fingerprint density at radius 2 is 1.21 bits per heavy atom. The average molecular weight is 268 g/mol.